The van der Waals surface area contributed by atoms with Crippen LogP contribution in [0.25, 0.3) is 0 Å². The van der Waals surface area contributed by atoms with Crippen LogP contribution in [0.3, 0.4) is 0 Å². The maximum atomic E-state index is 12.2. The Labute approximate surface area is 180 Å². The first-order valence-electron chi connectivity index (χ1n) is 11.2. The number of nitrogens with zero attached hydrogens (tertiary/aromatic N) is 4. The van der Waals surface area contributed by atoms with Gasteiger partial charge in [0.2, 0.25) is 0 Å². The fourth-order valence-corrected chi connectivity index (χ4v) is 3.58. The van der Waals surface area contributed by atoms with Gasteiger partial charge in [0.15, 0.2) is 5.96 Å². The van der Waals surface area contributed by atoms with E-state index in [0.717, 1.165) is 45.0 Å². The Kier molecular flexibility index (Phi) is 9.05. The van der Waals surface area contributed by atoms with Gasteiger partial charge in [0, 0.05) is 52.4 Å². The molecular weight excluding hydrogens is 386 g/mol. The molecule has 9 nitrogen and oxygen atoms in total. The second kappa shape index (κ2) is 11.3. The summed E-state index contributed by atoms with van der Waals surface area (Å²) in [4.78, 5) is 34.7. The Bertz CT molecular complexity index is 589. The van der Waals surface area contributed by atoms with Crippen molar-refractivity contribution in [3.63, 3.8) is 0 Å². The number of likely N-dealkylation sites (tertiary alicyclic amines) is 1. The SMILES string of the molecule is CCNC(=NCC1CCN(C(=O)OC(C)(C)C)CC1)N1CCN(C(=O)OCC)CC1. The lowest BCUT2D eigenvalue weighted by molar-refractivity contribution is 0.0187. The number of nitrogens with one attached hydrogen (secondary N) is 1. The quantitative estimate of drug-likeness (QED) is 0.550. The smallest absolute Gasteiger partial charge is 0.410 e. The van der Waals surface area contributed by atoms with Gasteiger partial charge in [-0.25, -0.2) is 9.59 Å². The zero-order valence-electron chi connectivity index (χ0n) is 19.3. The molecule has 2 saturated heterocycles. The summed E-state index contributed by atoms with van der Waals surface area (Å²) >= 11 is 0. The Hall–Kier alpha value is -2.19. The predicted molar refractivity (Wildman–Crippen MR) is 117 cm³/mol. The van der Waals surface area contributed by atoms with E-state index in [1.165, 1.54) is 0 Å². The number of rotatable bonds is 4. The predicted octanol–water partition coefficient (Wildman–Crippen LogP) is 2.37. The van der Waals surface area contributed by atoms with Gasteiger partial charge in [-0.2, -0.15) is 0 Å². The summed E-state index contributed by atoms with van der Waals surface area (Å²) in [5, 5.41) is 3.37. The van der Waals surface area contributed by atoms with E-state index in [2.05, 4.69) is 17.1 Å². The molecule has 1 N–H and O–H groups in total. The third kappa shape index (κ3) is 7.57. The van der Waals surface area contributed by atoms with Crippen molar-refractivity contribution >= 4 is 18.1 Å². The minimum atomic E-state index is -0.462. The second-order valence-corrected chi connectivity index (χ2v) is 8.78. The van der Waals surface area contributed by atoms with Gasteiger partial charge < -0.3 is 29.5 Å². The zero-order valence-corrected chi connectivity index (χ0v) is 19.3. The number of carbonyl (C=O) groups excluding carboxylic acids is 2. The highest BCUT2D eigenvalue weighted by Gasteiger charge is 2.27. The Morgan fingerprint density at radius 2 is 1.50 bits per heavy atom. The van der Waals surface area contributed by atoms with Crippen molar-refractivity contribution in [2.24, 2.45) is 10.9 Å². The fourth-order valence-electron chi connectivity index (χ4n) is 3.58. The highest BCUT2D eigenvalue weighted by atomic mass is 16.6. The summed E-state index contributed by atoms with van der Waals surface area (Å²) < 4.78 is 10.6. The number of ether oxygens (including phenoxy) is 2. The van der Waals surface area contributed by atoms with Crippen LogP contribution in [0.15, 0.2) is 4.99 Å². The van der Waals surface area contributed by atoms with E-state index >= 15 is 0 Å². The maximum Gasteiger partial charge on any atom is 0.410 e. The van der Waals surface area contributed by atoms with Crippen LogP contribution >= 0.6 is 0 Å². The average Bonchev–Trinajstić information content (AvgIpc) is 2.70. The molecule has 2 amide bonds. The summed E-state index contributed by atoms with van der Waals surface area (Å²) in [6.45, 7) is 15.7. The van der Waals surface area contributed by atoms with E-state index in [-0.39, 0.29) is 12.2 Å². The number of piperazine rings is 1. The minimum Gasteiger partial charge on any atom is -0.450 e. The third-order valence-electron chi connectivity index (χ3n) is 5.21. The van der Waals surface area contributed by atoms with Crippen LogP contribution in [-0.2, 0) is 9.47 Å². The van der Waals surface area contributed by atoms with Crippen LogP contribution in [-0.4, -0.2) is 97.4 Å². The van der Waals surface area contributed by atoms with Crippen molar-refractivity contribution in [2.75, 3.05) is 59.0 Å². The molecule has 0 aromatic rings. The van der Waals surface area contributed by atoms with Gasteiger partial charge in [0.05, 0.1) is 6.61 Å². The molecule has 2 aliphatic rings. The fraction of sp³-hybridized carbons (Fsp3) is 0.857. The van der Waals surface area contributed by atoms with Crippen LogP contribution in [0, 0.1) is 5.92 Å². The third-order valence-corrected chi connectivity index (χ3v) is 5.21. The molecule has 0 unspecified atom stereocenters. The molecule has 0 aromatic heterocycles. The summed E-state index contributed by atoms with van der Waals surface area (Å²) in [6.07, 6.45) is 1.39. The molecule has 0 saturated carbocycles. The first-order valence-corrected chi connectivity index (χ1v) is 11.2. The number of guanidine groups is 1. The van der Waals surface area contributed by atoms with E-state index < -0.39 is 5.60 Å². The van der Waals surface area contributed by atoms with Crippen LogP contribution in [0.2, 0.25) is 0 Å². The number of carbonyl (C=O) groups is 2. The maximum absolute atomic E-state index is 12.2. The largest absolute Gasteiger partial charge is 0.450 e. The summed E-state index contributed by atoms with van der Waals surface area (Å²) in [6, 6.07) is 0. The van der Waals surface area contributed by atoms with E-state index in [0.29, 0.717) is 38.7 Å². The molecule has 9 heteroatoms. The molecule has 2 aliphatic heterocycles. The van der Waals surface area contributed by atoms with E-state index in [1.807, 2.05) is 27.7 Å². The van der Waals surface area contributed by atoms with Gasteiger partial charge in [-0.1, -0.05) is 0 Å². The van der Waals surface area contributed by atoms with Gasteiger partial charge in [0.1, 0.15) is 5.60 Å². The van der Waals surface area contributed by atoms with Crippen molar-refractivity contribution in [3.05, 3.63) is 0 Å². The Morgan fingerprint density at radius 1 is 0.933 bits per heavy atom. The average molecular weight is 426 g/mol. The lowest BCUT2D eigenvalue weighted by atomic mass is 9.97. The van der Waals surface area contributed by atoms with Crippen LogP contribution in [0.5, 0.6) is 0 Å². The van der Waals surface area contributed by atoms with Crippen LogP contribution < -0.4 is 5.32 Å². The molecule has 30 heavy (non-hydrogen) atoms. The summed E-state index contributed by atoms with van der Waals surface area (Å²) in [7, 11) is 0. The van der Waals surface area contributed by atoms with E-state index in [9.17, 15) is 9.59 Å². The van der Waals surface area contributed by atoms with Gasteiger partial charge in [-0.15, -0.1) is 0 Å². The van der Waals surface area contributed by atoms with Crippen molar-refractivity contribution < 1.29 is 19.1 Å². The van der Waals surface area contributed by atoms with Crippen LogP contribution in [0.1, 0.15) is 47.5 Å². The standard InChI is InChI=1S/C21H39N5O4/c1-6-22-18(24-12-14-26(15-13-24)19(27)29-7-2)23-16-17-8-10-25(11-9-17)20(28)30-21(3,4)5/h17H,6-16H2,1-5H3,(H,22,23). The first kappa shape index (κ1) is 24.1. The molecular formula is C21H39N5O4. The molecule has 0 spiro atoms. The second-order valence-electron chi connectivity index (χ2n) is 8.78. The molecule has 172 valence electrons. The van der Waals surface area contributed by atoms with Crippen molar-refractivity contribution in [1.82, 2.24) is 20.0 Å². The van der Waals surface area contributed by atoms with Crippen molar-refractivity contribution in [3.8, 4) is 0 Å². The van der Waals surface area contributed by atoms with E-state index in [4.69, 9.17) is 14.5 Å². The van der Waals surface area contributed by atoms with E-state index in [1.54, 1.807) is 9.80 Å². The number of amides is 2. The number of hydrogen-bond donors (Lipinski definition) is 1. The molecule has 0 bridgehead atoms. The van der Waals surface area contributed by atoms with Crippen molar-refractivity contribution in [1.29, 1.82) is 0 Å². The Morgan fingerprint density at radius 3 is 2.03 bits per heavy atom. The minimum absolute atomic E-state index is 0.225. The topological polar surface area (TPSA) is 86.7 Å². The first-order chi connectivity index (χ1) is 14.2. The van der Waals surface area contributed by atoms with Crippen molar-refractivity contribution in [2.45, 2.75) is 53.1 Å². The molecule has 2 heterocycles. The number of hydrogen-bond acceptors (Lipinski definition) is 5. The summed E-state index contributed by atoms with van der Waals surface area (Å²) in [5.74, 6) is 1.36. The molecule has 0 atom stereocenters. The van der Waals surface area contributed by atoms with Gasteiger partial charge in [-0.3, -0.25) is 4.99 Å². The Balaban J connectivity index is 1.82. The lowest BCUT2D eigenvalue weighted by Gasteiger charge is -2.36. The molecule has 0 aromatic carbocycles. The monoisotopic (exact) mass is 425 g/mol. The summed E-state index contributed by atoms with van der Waals surface area (Å²) in [5.41, 5.74) is -0.462. The van der Waals surface area contributed by atoms with Gasteiger partial charge >= 0.3 is 12.2 Å². The lowest BCUT2D eigenvalue weighted by Crippen LogP contribution is -2.54. The van der Waals surface area contributed by atoms with Gasteiger partial charge in [-0.05, 0) is 53.4 Å². The number of aliphatic imine (C=N–C) groups is 1. The molecule has 2 rings (SSSR count). The molecule has 2 fully saturated rings. The molecule has 0 aliphatic carbocycles. The zero-order chi connectivity index (χ0) is 22.1. The van der Waals surface area contributed by atoms with Gasteiger partial charge in [0.25, 0.3) is 0 Å². The normalized spacial score (nSPS) is 19.0. The highest BCUT2D eigenvalue weighted by molar-refractivity contribution is 5.80. The molecule has 0 radical (unpaired) electrons. The highest BCUT2D eigenvalue weighted by Crippen LogP contribution is 2.20. The van der Waals surface area contributed by atoms with Crippen LogP contribution in [0.4, 0.5) is 9.59 Å². The number of piperidine rings is 1.